The molecule has 0 atom stereocenters. The molecule has 2 N–H and O–H groups in total. The zero-order valence-electron chi connectivity index (χ0n) is 17.0. The van der Waals surface area contributed by atoms with Crippen LogP contribution in [0.5, 0.6) is 11.5 Å². The molecule has 0 spiro atoms. The average Bonchev–Trinajstić information content (AvgIpc) is 3.21. The van der Waals surface area contributed by atoms with Crippen molar-refractivity contribution >= 4 is 18.3 Å². The summed E-state index contributed by atoms with van der Waals surface area (Å²) in [5.41, 5.74) is 0.573. The molecule has 0 aliphatic carbocycles. The van der Waals surface area contributed by atoms with Gasteiger partial charge in [0, 0.05) is 32.3 Å². The summed E-state index contributed by atoms with van der Waals surface area (Å²) in [7, 11) is 1.67. The van der Waals surface area contributed by atoms with E-state index in [1.807, 2.05) is 6.07 Å². The van der Waals surface area contributed by atoms with Gasteiger partial charge >= 0.3 is 0 Å². The van der Waals surface area contributed by atoms with Crippen LogP contribution in [0.2, 0.25) is 0 Å². The van der Waals surface area contributed by atoms with Crippen molar-refractivity contribution in [3.63, 3.8) is 0 Å². The van der Waals surface area contributed by atoms with Gasteiger partial charge in [0.1, 0.15) is 0 Å². The molecule has 3 aliphatic rings. The lowest BCUT2D eigenvalue weighted by Gasteiger charge is -2.40. The van der Waals surface area contributed by atoms with Crippen molar-refractivity contribution in [3.8, 4) is 11.5 Å². The molecule has 1 aromatic rings. The second-order valence-electron chi connectivity index (χ2n) is 8.11. The Morgan fingerprint density at radius 2 is 1.86 bits per heavy atom. The predicted octanol–water partition coefficient (Wildman–Crippen LogP) is 2.02. The van der Waals surface area contributed by atoms with Gasteiger partial charge in [0.25, 0.3) is 0 Å². The zero-order chi connectivity index (χ0) is 19.5. The first kappa shape index (κ1) is 22.2. The normalized spacial score (nSPS) is 21.8. The summed E-state index contributed by atoms with van der Waals surface area (Å²) < 4.78 is 22.1. The molecule has 0 radical (unpaired) electrons. The topological polar surface area (TPSA) is 78.1 Å². The van der Waals surface area contributed by atoms with Crippen molar-refractivity contribution in [2.24, 2.45) is 5.41 Å². The molecule has 8 heteroatoms. The first-order valence-corrected chi connectivity index (χ1v) is 10.1. The predicted molar refractivity (Wildman–Crippen MR) is 111 cm³/mol. The summed E-state index contributed by atoms with van der Waals surface area (Å²) in [5, 5.41) is 6.62. The highest BCUT2D eigenvalue weighted by Crippen LogP contribution is 2.41. The van der Waals surface area contributed by atoms with Crippen LogP contribution in [0.3, 0.4) is 0 Å². The standard InChI is InChI=1S/C21H30N2O5.ClH/c1-25-14-21(4-8-22-9-5-21)19(24)23-13-20(6-10-26-11-7-20)16-2-3-17-18(12-16)28-15-27-17;/h2-3,12,22H,4-11,13-15H2,1H3,(H,23,24);1H. The smallest absolute Gasteiger partial charge is 0.231 e. The zero-order valence-corrected chi connectivity index (χ0v) is 17.8. The van der Waals surface area contributed by atoms with Crippen LogP contribution in [0.1, 0.15) is 31.2 Å². The van der Waals surface area contributed by atoms with E-state index >= 15 is 0 Å². The van der Waals surface area contributed by atoms with E-state index < -0.39 is 5.41 Å². The van der Waals surface area contributed by atoms with Gasteiger partial charge in [-0.25, -0.2) is 0 Å². The van der Waals surface area contributed by atoms with Gasteiger partial charge in [-0.3, -0.25) is 4.79 Å². The monoisotopic (exact) mass is 426 g/mol. The van der Waals surface area contributed by atoms with Crippen LogP contribution < -0.4 is 20.1 Å². The molecule has 0 unspecified atom stereocenters. The molecule has 0 bridgehead atoms. The number of piperidine rings is 1. The highest BCUT2D eigenvalue weighted by atomic mass is 35.5. The molecule has 4 rings (SSSR count). The maximum atomic E-state index is 13.2. The fourth-order valence-corrected chi connectivity index (χ4v) is 4.61. The van der Waals surface area contributed by atoms with Crippen LogP contribution in [0.25, 0.3) is 0 Å². The Kier molecular flexibility index (Phi) is 7.27. The molecule has 1 amide bonds. The van der Waals surface area contributed by atoms with Crippen LogP contribution in [-0.2, 0) is 19.7 Å². The van der Waals surface area contributed by atoms with Crippen molar-refractivity contribution in [1.29, 1.82) is 0 Å². The largest absolute Gasteiger partial charge is 0.454 e. The Labute approximate surface area is 178 Å². The lowest BCUT2D eigenvalue weighted by molar-refractivity contribution is -0.136. The summed E-state index contributed by atoms with van der Waals surface area (Å²) >= 11 is 0. The van der Waals surface area contributed by atoms with E-state index in [4.69, 9.17) is 18.9 Å². The van der Waals surface area contributed by atoms with E-state index in [0.717, 1.165) is 50.3 Å². The highest BCUT2D eigenvalue weighted by molar-refractivity contribution is 5.85. The minimum absolute atomic E-state index is 0. The molecule has 2 saturated heterocycles. The first-order valence-electron chi connectivity index (χ1n) is 10.1. The van der Waals surface area contributed by atoms with Crippen LogP contribution in [-0.4, -0.2) is 59.3 Å². The van der Waals surface area contributed by atoms with Crippen molar-refractivity contribution in [2.45, 2.75) is 31.1 Å². The van der Waals surface area contributed by atoms with Gasteiger partial charge in [-0.2, -0.15) is 0 Å². The van der Waals surface area contributed by atoms with Gasteiger partial charge in [-0.15, -0.1) is 12.4 Å². The van der Waals surface area contributed by atoms with Gasteiger partial charge in [0.15, 0.2) is 11.5 Å². The van der Waals surface area contributed by atoms with Gasteiger partial charge in [0.2, 0.25) is 12.7 Å². The highest BCUT2D eigenvalue weighted by Gasteiger charge is 2.42. The Balaban J connectivity index is 0.00000240. The quantitative estimate of drug-likeness (QED) is 0.724. The maximum Gasteiger partial charge on any atom is 0.231 e. The summed E-state index contributed by atoms with van der Waals surface area (Å²) in [5.74, 6) is 1.66. The molecule has 1 aromatic carbocycles. The average molecular weight is 427 g/mol. The fraction of sp³-hybridized carbons (Fsp3) is 0.667. The fourth-order valence-electron chi connectivity index (χ4n) is 4.61. The lowest BCUT2D eigenvalue weighted by Crippen LogP contribution is -2.53. The number of fused-ring (bicyclic) bond motifs is 1. The molecular weight excluding hydrogens is 396 g/mol. The van der Waals surface area contributed by atoms with Gasteiger partial charge in [-0.05, 0) is 56.5 Å². The van der Waals surface area contributed by atoms with Crippen molar-refractivity contribution in [2.75, 3.05) is 53.4 Å². The Hall–Kier alpha value is -1.54. The third kappa shape index (κ3) is 4.48. The van der Waals surface area contributed by atoms with Crippen LogP contribution in [0.4, 0.5) is 0 Å². The van der Waals surface area contributed by atoms with E-state index in [2.05, 4.69) is 22.8 Å². The third-order valence-electron chi connectivity index (χ3n) is 6.49. The number of hydrogen-bond donors (Lipinski definition) is 2. The van der Waals surface area contributed by atoms with Crippen LogP contribution >= 0.6 is 12.4 Å². The second kappa shape index (κ2) is 9.51. The first-order chi connectivity index (χ1) is 13.7. The van der Waals surface area contributed by atoms with E-state index in [9.17, 15) is 4.79 Å². The molecule has 162 valence electrons. The van der Waals surface area contributed by atoms with Crippen molar-refractivity contribution < 1.29 is 23.7 Å². The summed E-state index contributed by atoms with van der Waals surface area (Å²) in [6.45, 7) is 4.39. The number of methoxy groups -OCH3 is 1. The summed E-state index contributed by atoms with van der Waals surface area (Å²) in [4.78, 5) is 13.2. The van der Waals surface area contributed by atoms with Crippen molar-refractivity contribution in [3.05, 3.63) is 23.8 Å². The molecular formula is C21H31ClN2O5. The van der Waals surface area contributed by atoms with Gasteiger partial charge in [0.05, 0.1) is 12.0 Å². The minimum Gasteiger partial charge on any atom is -0.454 e. The number of ether oxygens (including phenoxy) is 4. The van der Waals surface area contributed by atoms with Crippen LogP contribution in [0.15, 0.2) is 18.2 Å². The number of amides is 1. The number of benzene rings is 1. The number of carbonyl (C=O) groups is 1. The minimum atomic E-state index is -0.443. The SMILES string of the molecule is COCC1(C(=O)NCC2(c3ccc4c(c3)OCO4)CCOCC2)CCNCC1.Cl. The van der Waals surface area contributed by atoms with Crippen molar-refractivity contribution in [1.82, 2.24) is 10.6 Å². The second-order valence-corrected chi connectivity index (χ2v) is 8.11. The molecule has 2 fully saturated rings. The Bertz CT molecular complexity index is 697. The summed E-state index contributed by atoms with van der Waals surface area (Å²) in [6, 6.07) is 6.13. The van der Waals surface area contributed by atoms with Crippen LogP contribution in [0, 0.1) is 5.41 Å². The number of rotatable bonds is 6. The van der Waals surface area contributed by atoms with E-state index in [1.165, 1.54) is 5.56 Å². The lowest BCUT2D eigenvalue weighted by atomic mass is 9.73. The molecule has 0 aromatic heterocycles. The number of hydrogen-bond acceptors (Lipinski definition) is 6. The molecule has 3 heterocycles. The number of carbonyl (C=O) groups excluding carboxylic acids is 1. The maximum absolute atomic E-state index is 13.2. The van der Waals surface area contributed by atoms with E-state index in [1.54, 1.807) is 7.11 Å². The van der Waals surface area contributed by atoms with Gasteiger partial charge < -0.3 is 29.6 Å². The third-order valence-corrected chi connectivity index (χ3v) is 6.49. The number of nitrogens with one attached hydrogen (secondary N) is 2. The Morgan fingerprint density at radius 1 is 1.14 bits per heavy atom. The molecule has 3 aliphatic heterocycles. The molecule has 29 heavy (non-hydrogen) atoms. The van der Waals surface area contributed by atoms with E-state index in [-0.39, 0.29) is 30.5 Å². The summed E-state index contributed by atoms with van der Waals surface area (Å²) in [6.07, 6.45) is 3.33. The Morgan fingerprint density at radius 3 is 2.59 bits per heavy atom. The van der Waals surface area contributed by atoms with E-state index in [0.29, 0.717) is 26.4 Å². The van der Waals surface area contributed by atoms with Gasteiger partial charge in [-0.1, -0.05) is 6.07 Å². The molecule has 7 nitrogen and oxygen atoms in total. The molecule has 0 saturated carbocycles. The number of halogens is 1.